The molecule has 0 bridgehead atoms. The zero-order chi connectivity index (χ0) is 39.5. The van der Waals surface area contributed by atoms with Crippen LogP contribution in [0, 0.1) is 0 Å². The van der Waals surface area contributed by atoms with E-state index >= 15 is 0 Å². The summed E-state index contributed by atoms with van der Waals surface area (Å²) in [6.07, 6.45) is 11.8. The number of hydrogen-bond donors (Lipinski definition) is 2. The number of carboxylic acids is 1. The van der Waals surface area contributed by atoms with Crippen molar-refractivity contribution in [1.82, 2.24) is 14.8 Å². The Bertz CT molecular complexity index is 2670. The van der Waals surface area contributed by atoms with Crippen molar-refractivity contribution in [3.05, 3.63) is 107 Å². The second-order valence-corrected chi connectivity index (χ2v) is 15.9. The second-order valence-electron chi connectivity index (χ2n) is 15.9. The van der Waals surface area contributed by atoms with Gasteiger partial charge in [-0.1, -0.05) is 108 Å². The summed E-state index contributed by atoms with van der Waals surface area (Å²) >= 11 is 0. The number of imide groups is 2. The lowest BCUT2D eigenvalue weighted by molar-refractivity contribution is -0.141. The largest absolute Gasteiger partial charge is 0.480 e. The zero-order valence-electron chi connectivity index (χ0n) is 32.3. The van der Waals surface area contributed by atoms with Gasteiger partial charge in [-0.2, -0.15) is 0 Å². The van der Waals surface area contributed by atoms with Crippen LogP contribution in [0.2, 0.25) is 0 Å². The van der Waals surface area contributed by atoms with E-state index < -0.39 is 23.8 Å². The van der Waals surface area contributed by atoms with Gasteiger partial charge in [0, 0.05) is 62.6 Å². The molecular formula is C48H45N3O6. The molecule has 9 rings (SSSR count). The van der Waals surface area contributed by atoms with Gasteiger partial charge in [0.15, 0.2) is 0 Å². The molecule has 0 radical (unpaired) electrons. The number of benzene rings is 6. The number of carbonyl (C=O) groups excluding carboxylic acids is 4. The van der Waals surface area contributed by atoms with E-state index in [0.29, 0.717) is 27.5 Å². The third-order valence-corrected chi connectivity index (χ3v) is 12.5. The molecule has 0 saturated heterocycles. The van der Waals surface area contributed by atoms with Crippen LogP contribution < -0.4 is 0 Å². The van der Waals surface area contributed by atoms with Gasteiger partial charge in [0.1, 0.15) is 6.04 Å². The molecule has 0 saturated carbocycles. The van der Waals surface area contributed by atoms with E-state index in [0.717, 1.165) is 112 Å². The minimum atomic E-state index is -1.43. The summed E-state index contributed by atoms with van der Waals surface area (Å²) in [5.41, 5.74) is 3.08. The highest BCUT2D eigenvalue weighted by molar-refractivity contribution is 6.41. The molecule has 57 heavy (non-hydrogen) atoms. The number of amides is 4. The minimum Gasteiger partial charge on any atom is -0.480 e. The molecule has 2 aliphatic rings. The Morgan fingerprint density at radius 3 is 1.47 bits per heavy atom. The Labute approximate surface area is 329 Å². The number of carbonyl (C=O) groups is 5. The van der Waals surface area contributed by atoms with Crippen LogP contribution in [0.25, 0.3) is 54.0 Å². The Morgan fingerprint density at radius 1 is 0.561 bits per heavy atom. The highest BCUT2D eigenvalue weighted by atomic mass is 16.4. The number of aromatic nitrogens is 1. The van der Waals surface area contributed by atoms with Gasteiger partial charge in [-0.15, -0.1) is 0 Å². The standard InChI is InChI=1S/C48H45N3O6/c1-3-5-7-9-13-28(14-10-8-6-4-2)50-44(52)34-21-17-30-32-19-23-36-43-37(24-20-33(41(32)43)31-18-22-35(45(50)53)42(34)40(30)31)47(55)51(46(36)54)39(48(56)57)25-27-26-49-38-16-12-11-15-29(27)38/h11-12,15-24,26,28,39,49H,3-10,13-14,25H2,1-2H3,(H,56,57)/t39-/m0/s1. The number of nitrogens with one attached hydrogen (secondary N) is 1. The van der Waals surface area contributed by atoms with Crippen molar-refractivity contribution in [2.24, 2.45) is 0 Å². The quantitative estimate of drug-likeness (QED) is 0.0464. The summed E-state index contributed by atoms with van der Waals surface area (Å²) in [5.74, 6) is -3.09. The maximum atomic E-state index is 14.5. The van der Waals surface area contributed by atoms with E-state index in [1.54, 1.807) is 23.2 Å². The number of carboxylic acid groups (broad SMARTS) is 1. The van der Waals surface area contributed by atoms with E-state index in [1.165, 1.54) is 0 Å². The average molecular weight is 760 g/mol. The van der Waals surface area contributed by atoms with Crippen molar-refractivity contribution in [2.75, 3.05) is 0 Å². The van der Waals surface area contributed by atoms with E-state index in [9.17, 15) is 29.1 Å². The summed E-state index contributed by atoms with van der Waals surface area (Å²) in [4.78, 5) is 76.1. The third-order valence-electron chi connectivity index (χ3n) is 12.5. The number of aromatic amines is 1. The van der Waals surface area contributed by atoms with E-state index in [1.807, 2.05) is 60.7 Å². The first-order valence-electron chi connectivity index (χ1n) is 20.5. The van der Waals surface area contributed by atoms with E-state index in [2.05, 4.69) is 18.8 Å². The molecule has 4 amide bonds. The fraction of sp³-hybridized carbons (Fsp3) is 0.312. The second kappa shape index (κ2) is 14.4. The van der Waals surface area contributed by atoms with E-state index in [4.69, 9.17) is 0 Å². The lowest BCUT2D eigenvalue weighted by Crippen LogP contribution is -2.51. The lowest BCUT2D eigenvalue weighted by atomic mass is 9.81. The van der Waals surface area contributed by atoms with Gasteiger partial charge in [0.05, 0.1) is 0 Å². The molecule has 0 aliphatic carbocycles. The van der Waals surface area contributed by atoms with Crippen molar-refractivity contribution in [1.29, 1.82) is 0 Å². The number of unbranched alkanes of at least 4 members (excludes halogenated alkanes) is 6. The molecule has 2 aliphatic heterocycles. The Hall–Kier alpha value is -6.09. The summed E-state index contributed by atoms with van der Waals surface area (Å²) in [7, 11) is 0. The molecule has 3 heterocycles. The highest BCUT2D eigenvalue weighted by Gasteiger charge is 2.42. The summed E-state index contributed by atoms with van der Waals surface area (Å²) in [6, 6.07) is 20.5. The van der Waals surface area contributed by atoms with Crippen molar-refractivity contribution >= 4 is 83.6 Å². The van der Waals surface area contributed by atoms with E-state index in [-0.39, 0.29) is 35.4 Å². The number of fused-ring (bicyclic) bond motifs is 3. The zero-order valence-corrected chi connectivity index (χ0v) is 32.3. The molecule has 1 atom stereocenters. The number of para-hydroxylation sites is 1. The van der Waals surface area contributed by atoms with Crippen molar-refractivity contribution in [3.8, 4) is 0 Å². The van der Waals surface area contributed by atoms with Gasteiger partial charge in [-0.3, -0.25) is 29.0 Å². The van der Waals surface area contributed by atoms with Crippen LogP contribution in [0.4, 0.5) is 0 Å². The first-order valence-corrected chi connectivity index (χ1v) is 20.5. The van der Waals surface area contributed by atoms with Gasteiger partial charge in [-0.25, -0.2) is 4.79 Å². The van der Waals surface area contributed by atoms with Crippen LogP contribution in [0.3, 0.4) is 0 Å². The van der Waals surface area contributed by atoms with Gasteiger partial charge in [0.2, 0.25) is 0 Å². The Kier molecular flexibility index (Phi) is 9.26. The van der Waals surface area contributed by atoms with Crippen LogP contribution in [-0.4, -0.2) is 61.6 Å². The predicted octanol–water partition coefficient (Wildman–Crippen LogP) is 10.4. The number of nitrogens with zero attached hydrogens (tertiary/aromatic N) is 2. The fourth-order valence-electron chi connectivity index (χ4n) is 9.73. The van der Waals surface area contributed by atoms with Crippen LogP contribution in [0.1, 0.15) is 125 Å². The number of H-pyrrole nitrogens is 1. The lowest BCUT2D eigenvalue weighted by Gasteiger charge is -2.35. The first-order chi connectivity index (χ1) is 27.7. The molecule has 9 heteroatoms. The number of hydrogen-bond acceptors (Lipinski definition) is 5. The normalized spacial score (nSPS) is 14.9. The molecule has 2 N–H and O–H groups in total. The molecule has 288 valence electrons. The maximum Gasteiger partial charge on any atom is 0.327 e. The molecule has 7 aromatic rings. The molecule has 6 aromatic carbocycles. The van der Waals surface area contributed by atoms with Crippen LogP contribution in [-0.2, 0) is 11.2 Å². The molecule has 0 fully saturated rings. The Balaban J connectivity index is 1.14. The first kappa shape index (κ1) is 36.5. The predicted molar refractivity (Wildman–Crippen MR) is 223 cm³/mol. The molecule has 1 aromatic heterocycles. The SMILES string of the molecule is CCCCCCC(CCCCCC)N1C(=O)c2ccc3c4ccc5c6c(ccc(c7ccc(c2c37)C1=O)c64)C(=O)N([C@@H](Cc1c[nH]c2ccccc12)C(=O)O)C5=O. The van der Waals surface area contributed by atoms with Crippen molar-refractivity contribution in [3.63, 3.8) is 0 Å². The monoisotopic (exact) mass is 759 g/mol. The van der Waals surface area contributed by atoms with Gasteiger partial charge in [-0.05, 0) is 81.1 Å². The topological polar surface area (TPSA) is 128 Å². The van der Waals surface area contributed by atoms with Crippen molar-refractivity contribution in [2.45, 2.75) is 96.6 Å². The van der Waals surface area contributed by atoms with Crippen LogP contribution >= 0.6 is 0 Å². The molecule has 9 nitrogen and oxygen atoms in total. The minimum absolute atomic E-state index is 0.0567. The van der Waals surface area contributed by atoms with Crippen molar-refractivity contribution < 1.29 is 29.1 Å². The molecule has 0 unspecified atom stereocenters. The molecule has 0 spiro atoms. The van der Waals surface area contributed by atoms with Crippen LogP contribution in [0.5, 0.6) is 0 Å². The number of aliphatic carboxylic acids is 1. The maximum absolute atomic E-state index is 14.5. The Morgan fingerprint density at radius 2 is 1.02 bits per heavy atom. The fourth-order valence-corrected chi connectivity index (χ4v) is 9.73. The van der Waals surface area contributed by atoms with Gasteiger partial charge < -0.3 is 10.1 Å². The third kappa shape index (κ3) is 5.69. The average Bonchev–Trinajstić information content (AvgIpc) is 3.63. The van der Waals surface area contributed by atoms with Gasteiger partial charge in [0.25, 0.3) is 23.6 Å². The van der Waals surface area contributed by atoms with Crippen LogP contribution in [0.15, 0.2) is 79.0 Å². The van der Waals surface area contributed by atoms with Gasteiger partial charge >= 0.3 is 5.97 Å². The smallest absolute Gasteiger partial charge is 0.327 e. The highest BCUT2D eigenvalue weighted by Crippen LogP contribution is 2.47. The summed E-state index contributed by atoms with van der Waals surface area (Å²) in [6.45, 7) is 4.36. The summed E-state index contributed by atoms with van der Waals surface area (Å²) < 4.78 is 0. The summed E-state index contributed by atoms with van der Waals surface area (Å²) in [5, 5.41) is 17.2. The number of rotatable bonds is 15. The molecular weight excluding hydrogens is 715 g/mol.